The lowest BCUT2D eigenvalue weighted by molar-refractivity contribution is 0.122. The Balaban J connectivity index is 3.09. The molecule has 0 aromatic heterocycles. The molecule has 0 bridgehead atoms. The molecule has 0 radical (unpaired) electrons. The lowest BCUT2D eigenvalue weighted by atomic mass is 10.1. The third-order valence-corrected chi connectivity index (χ3v) is 1.76. The summed E-state index contributed by atoms with van der Waals surface area (Å²) in [4.78, 5) is 4.46. The maximum atomic E-state index is 9.52. The van der Waals surface area contributed by atoms with Gasteiger partial charge in [0, 0.05) is 5.56 Å². The first-order chi connectivity index (χ1) is 5.65. The maximum Gasteiger partial charge on any atom is 0.124 e. The number of hydrogen-bond acceptors (Lipinski definition) is 3. The fraction of sp³-hybridized carbons (Fsp3) is 0.333. The Morgan fingerprint density at radius 2 is 2.08 bits per heavy atom. The number of aryl methyl sites for hydroxylation is 2. The number of phenols is 1. The fourth-order valence-corrected chi connectivity index (χ4v) is 1.25. The van der Waals surface area contributed by atoms with Crippen LogP contribution in [0, 0.1) is 13.8 Å². The summed E-state index contributed by atoms with van der Waals surface area (Å²) < 4.78 is 0. The number of rotatable bonds is 2. The van der Waals surface area contributed by atoms with Crippen LogP contribution in [0.3, 0.4) is 0 Å². The molecule has 0 saturated heterocycles. The Morgan fingerprint density at radius 3 is 2.67 bits per heavy atom. The lowest BCUT2D eigenvalue weighted by Gasteiger charge is -2.07. The van der Waals surface area contributed by atoms with Crippen molar-refractivity contribution < 1.29 is 9.94 Å². The second-order valence-corrected chi connectivity index (χ2v) is 2.90. The van der Waals surface area contributed by atoms with Gasteiger partial charge in [-0.25, -0.2) is 5.90 Å². The van der Waals surface area contributed by atoms with E-state index in [0.29, 0.717) is 0 Å². The summed E-state index contributed by atoms with van der Waals surface area (Å²) in [7, 11) is 0. The van der Waals surface area contributed by atoms with E-state index < -0.39 is 0 Å². The molecule has 12 heavy (non-hydrogen) atoms. The third-order valence-electron chi connectivity index (χ3n) is 1.76. The van der Waals surface area contributed by atoms with Gasteiger partial charge in [0.2, 0.25) is 0 Å². The van der Waals surface area contributed by atoms with E-state index in [4.69, 9.17) is 5.90 Å². The van der Waals surface area contributed by atoms with Gasteiger partial charge in [-0.05, 0) is 25.5 Å². The molecule has 0 atom stereocenters. The quantitative estimate of drug-likeness (QED) is 0.654. The van der Waals surface area contributed by atoms with Crippen molar-refractivity contribution in [3.63, 3.8) is 0 Å². The first-order valence-electron chi connectivity index (χ1n) is 3.76. The van der Waals surface area contributed by atoms with Crippen LogP contribution in [0.15, 0.2) is 12.1 Å². The van der Waals surface area contributed by atoms with E-state index in [1.165, 1.54) is 0 Å². The number of hydrogen-bond donors (Lipinski definition) is 2. The van der Waals surface area contributed by atoms with Crippen molar-refractivity contribution in [3.8, 4) is 5.75 Å². The average molecular weight is 167 g/mol. The summed E-state index contributed by atoms with van der Waals surface area (Å²) in [6.07, 6.45) is 0. The van der Waals surface area contributed by atoms with Crippen molar-refractivity contribution in [2.24, 2.45) is 5.90 Å². The van der Waals surface area contributed by atoms with Crippen LogP contribution < -0.4 is 5.90 Å². The monoisotopic (exact) mass is 167 g/mol. The molecule has 0 amide bonds. The molecule has 1 aromatic carbocycles. The molecule has 0 saturated carbocycles. The molecule has 1 rings (SSSR count). The van der Waals surface area contributed by atoms with Crippen molar-refractivity contribution in [1.82, 2.24) is 0 Å². The molecule has 0 unspecified atom stereocenters. The SMILES string of the molecule is Cc1cc(C)c(O)c(CON)c1. The summed E-state index contributed by atoms with van der Waals surface area (Å²) in [5, 5.41) is 9.52. The second-order valence-electron chi connectivity index (χ2n) is 2.90. The fourth-order valence-electron chi connectivity index (χ4n) is 1.25. The van der Waals surface area contributed by atoms with Gasteiger partial charge in [0.1, 0.15) is 5.75 Å². The highest BCUT2D eigenvalue weighted by atomic mass is 16.6. The lowest BCUT2D eigenvalue weighted by Crippen LogP contribution is -2.00. The van der Waals surface area contributed by atoms with Crippen LogP contribution >= 0.6 is 0 Å². The van der Waals surface area contributed by atoms with Crippen molar-refractivity contribution in [2.45, 2.75) is 20.5 Å². The molecule has 0 aliphatic carbocycles. The highest BCUT2D eigenvalue weighted by molar-refractivity contribution is 5.42. The van der Waals surface area contributed by atoms with Crippen molar-refractivity contribution >= 4 is 0 Å². The zero-order chi connectivity index (χ0) is 9.14. The van der Waals surface area contributed by atoms with Gasteiger partial charge in [0.05, 0.1) is 6.61 Å². The van der Waals surface area contributed by atoms with Gasteiger partial charge in [-0.3, -0.25) is 4.84 Å². The first-order valence-corrected chi connectivity index (χ1v) is 3.76. The van der Waals surface area contributed by atoms with Crippen LogP contribution in [-0.2, 0) is 11.4 Å². The van der Waals surface area contributed by atoms with Gasteiger partial charge >= 0.3 is 0 Å². The predicted octanol–water partition coefficient (Wildman–Crippen LogP) is 1.40. The second kappa shape index (κ2) is 3.56. The zero-order valence-corrected chi connectivity index (χ0v) is 7.29. The molecule has 3 nitrogen and oxygen atoms in total. The van der Waals surface area contributed by atoms with Gasteiger partial charge in [-0.2, -0.15) is 0 Å². The van der Waals surface area contributed by atoms with E-state index in [9.17, 15) is 5.11 Å². The molecule has 0 fully saturated rings. The minimum Gasteiger partial charge on any atom is -0.507 e. The Kier molecular flexibility index (Phi) is 2.68. The van der Waals surface area contributed by atoms with Crippen molar-refractivity contribution in [2.75, 3.05) is 0 Å². The minimum absolute atomic E-state index is 0.244. The van der Waals surface area contributed by atoms with Gasteiger partial charge in [0.15, 0.2) is 0 Å². The molecule has 1 aromatic rings. The standard InChI is InChI=1S/C9H13NO2/c1-6-3-7(2)9(11)8(4-6)5-12-10/h3-4,11H,5,10H2,1-2H3. The summed E-state index contributed by atoms with van der Waals surface area (Å²) >= 11 is 0. The largest absolute Gasteiger partial charge is 0.507 e. The number of nitrogens with two attached hydrogens (primary N) is 1. The van der Waals surface area contributed by atoms with E-state index in [0.717, 1.165) is 16.7 Å². The molecular formula is C9H13NO2. The molecule has 0 aliphatic rings. The summed E-state index contributed by atoms with van der Waals surface area (Å²) in [6, 6.07) is 3.77. The van der Waals surface area contributed by atoms with Crippen LogP contribution in [-0.4, -0.2) is 5.11 Å². The first kappa shape index (κ1) is 9.03. The molecule has 3 N–H and O–H groups in total. The Hall–Kier alpha value is -1.06. The Bertz CT molecular complexity index is 284. The summed E-state index contributed by atoms with van der Waals surface area (Å²) in [5.41, 5.74) is 2.68. The number of phenolic OH excluding ortho intramolecular Hbond substituents is 1. The maximum absolute atomic E-state index is 9.52. The van der Waals surface area contributed by atoms with Crippen LogP contribution in [0.4, 0.5) is 0 Å². The highest BCUT2D eigenvalue weighted by Crippen LogP contribution is 2.23. The predicted molar refractivity (Wildman–Crippen MR) is 46.6 cm³/mol. The smallest absolute Gasteiger partial charge is 0.124 e. The van der Waals surface area contributed by atoms with Crippen LogP contribution in [0.5, 0.6) is 5.75 Å². The van der Waals surface area contributed by atoms with E-state index >= 15 is 0 Å². The molecule has 0 heterocycles. The Morgan fingerprint density at radius 1 is 1.42 bits per heavy atom. The van der Waals surface area contributed by atoms with E-state index in [2.05, 4.69) is 4.84 Å². The van der Waals surface area contributed by atoms with Gasteiger partial charge < -0.3 is 5.11 Å². The minimum atomic E-state index is 0.244. The normalized spacial score (nSPS) is 10.2. The van der Waals surface area contributed by atoms with E-state index in [-0.39, 0.29) is 12.4 Å². The van der Waals surface area contributed by atoms with Gasteiger partial charge in [-0.1, -0.05) is 11.6 Å². The van der Waals surface area contributed by atoms with E-state index in [1.54, 1.807) is 0 Å². The van der Waals surface area contributed by atoms with Gasteiger partial charge in [0.25, 0.3) is 0 Å². The molecule has 0 aliphatic heterocycles. The highest BCUT2D eigenvalue weighted by Gasteiger charge is 2.04. The molecule has 66 valence electrons. The van der Waals surface area contributed by atoms with Crippen LogP contribution in [0.25, 0.3) is 0 Å². The number of aromatic hydroxyl groups is 1. The van der Waals surface area contributed by atoms with Crippen molar-refractivity contribution in [3.05, 3.63) is 28.8 Å². The average Bonchev–Trinajstić information content (AvgIpc) is 2.00. The summed E-state index contributed by atoms with van der Waals surface area (Å²) in [6.45, 7) is 4.06. The summed E-state index contributed by atoms with van der Waals surface area (Å²) in [5.74, 6) is 5.19. The van der Waals surface area contributed by atoms with Crippen molar-refractivity contribution in [1.29, 1.82) is 0 Å². The molecule has 0 spiro atoms. The number of benzene rings is 1. The molecular weight excluding hydrogens is 154 g/mol. The Labute approximate surface area is 71.7 Å². The topological polar surface area (TPSA) is 55.5 Å². The van der Waals surface area contributed by atoms with Crippen LogP contribution in [0.1, 0.15) is 16.7 Å². The zero-order valence-electron chi connectivity index (χ0n) is 7.29. The third kappa shape index (κ3) is 1.75. The van der Waals surface area contributed by atoms with Gasteiger partial charge in [-0.15, -0.1) is 0 Å². The molecule has 3 heteroatoms. The van der Waals surface area contributed by atoms with E-state index in [1.807, 2.05) is 26.0 Å². The van der Waals surface area contributed by atoms with Crippen LogP contribution in [0.2, 0.25) is 0 Å².